The fraction of sp³-hybridized carbons (Fsp3) is 0.333. The zero-order valence-corrected chi connectivity index (χ0v) is 28.2. The van der Waals surface area contributed by atoms with Gasteiger partial charge in [-0.25, -0.2) is 18.7 Å². The highest BCUT2D eigenvalue weighted by atomic mass is 35.5. The molecular weight excluding hydrogens is 658 g/mol. The first-order valence-corrected chi connectivity index (χ1v) is 16.5. The molecule has 3 aromatic heterocycles. The van der Waals surface area contributed by atoms with Crippen molar-refractivity contribution in [3.8, 4) is 17.1 Å². The molecule has 47 heavy (non-hydrogen) atoms. The Morgan fingerprint density at radius 1 is 1.15 bits per heavy atom. The molecule has 0 fully saturated rings. The van der Waals surface area contributed by atoms with E-state index in [9.17, 15) is 22.0 Å². The lowest BCUT2D eigenvalue weighted by Gasteiger charge is -2.20. The number of carbonyl (C=O) groups excluding carboxylic acids is 1. The minimum Gasteiger partial charge on any atom is -0.473 e. The summed E-state index contributed by atoms with van der Waals surface area (Å²) in [5.41, 5.74) is 1.46. The summed E-state index contributed by atoms with van der Waals surface area (Å²) in [5, 5.41) is 9.33. The highest BCUT2D eigenvalue weighted by Gasteiger charge is 2.22. The largest absolute Gasteiger partial charge is 0.473 e. The quantitative estimate of drug-likeness (QED) is 0.0685. The standard InChI is InChI=1S/C30H35ClF2N8O5S/c1-16(2)45-29-24(13-23(27(39-29)34-9-8-10-40(4)5)36-28(42)17(3)46-47(7,43)44)37-30-35-14-20(31)26(38-30)19-15-41(6)25-12-22(33)21(32)11-18(19)25/h11-16H,3,8-10H2,1-2,4-7H3,(H,34,39)(H,36,42)(H,35,37,38). The van der Waals surface area contributed by atoms with Crippen molar-refractivity contribution in [2.45, 2.75) is 26.4 Å². The van der Waals surface area contributed by atoms with Crippen LogP contribution in [-0.2, 0) is 26.1 Å². The first kappa shape index (κ1) is 35.3. The summed E-state index contributed by atoms with van der Waals surface area (Å²) in [6.45, 7) is 8.26. The highest BCUT2D eigenvalue weighted by Crippen LogP contribution is 2.37. The second kappa shape index (κ2) is 14.5. The van der Waals surface area contributed by atoms with E-state index in [0.717, 1.165) is 31.4 Å². The van der Waals surface area contributed by atoms with Crippen molar-refractivity contribution in [2.24, 2.45) is 7.05 Å². The fourth-order valence-electron chi connectivity index (χ4n) is 4.45. The van der Waals surface area contributed by atoms with E-state index in [1.54, 1.807) is 31.7 Å². The van der Waals surface area contributed by atoms with E-state index < -0.39 is 33.4 Å². The minimum atomic E-state index is -4.01. The zero-order chi connectivity index (χ0) is 34.6. The summed E-state index contributed by atoms with van der Waals surface area (Å²) in [5.74, 6) is -3.20. The number of aromatic nitrogens is 4. The fourth-order valence-corrected chi connectivity index (χ4v) is 5.08. The van der Waals surface area contributed by atoms with Gasteiger partial charge in [-0.2, -0.15) is 13.4 Å². The van der Waals surface area contributed by atoms with Crippen LogP contribution in [0.3, 0.4) is 0 Å². The smallest absolute Gasteiger partial charge is 0.306 e. The summed E-state index contributed by atoms with van der Waals surface area (Å²) < 4.78 is 63.6. The lowest BCUT2D eigenvalue weighted by atomic mass is 10.1. The molecule has 13 nitrogen and oxygen atoms in total. The molecular formula is C30H35ClF2N8O5S. The third kappa shape index (κ3) is 9.05. The second-order valence-corrected chi connectivity index (χ2v) is 13.1. The number of halogens is 3. The molecule has 0 saturated carbocycles. The maximum absolute atomic E-state index is 14.2. The van der Waals surface area contributed by atoms with Crippen LogP contribution in [0.2, 0.25) is 5.02 Å². The van der Waals surface area contributed by atoms with Crippen LogP contribution in [0.25, 0.3) is 22.2 Å². The molecule has 0 aliphatic heterocycles. The van der Waals surface area contributed by atoms with E-state index in [4.69, 9.17) is 16.3 Å². The maximum Gasteiger partial charge on any atom is 0.306 e. The van der Waals surface area contributed by atoms with Gasteiger partial charge in [-0.05, 0) is 59.6 Å². The van der Waals surface area contributed by atoms with Crippen LogP contribution in [-0.4, -0.2) is 78.3 Å². The van der Waals surface area contributed by atoms with Crippen molar-refractivity contribution in [3.63, 3.8) is 0 Å². The molecule has 1 aromatic carbocycles. The number of rotatable bonds is 14. The van der Waals surface area contributed by atoms with E-state index >= 15 is 0 Å². The van der Waals surface area contributed by atoms with E-state index in [-0.39, 0.29) is 45.8 Å². The molecule has 0 aliphatic carbocycles. The molecule has 0 atom stereocenters. The Morgan fingerprint density at radius 3 is 2.51 bits per heavy atom. The van der Waals surface area contributed by atoms with Crippen LogP contribution in [0.15, 0.2) is 42.9 Å². The Kier molecular flexibility index (Phi) is 10.9. The zero-order valence-electron chi connectivity index (χ0n) is 26.6. The van der Waals surface area contributed by atoms with Crippen LogP contribution in [0.5, 0.6) is 5.88 Å². The Morgan fingerprint density at radius 2 is 1.85 bits per heavy atom. The van der Waals surface area contributed by atoms with Gasteiger partial charge in [0, 0.05) is 36.8 Å². The minimum absolute atomic E-state index is 0.0354. The van der Waals surface area contributed by atoms with Crippen LogP contribution in [0.1, 0.15) is 20.3 Å². The molecule has 0 spiro atoms. The summed E-state index contributed by atoms with van der Waals surface area (Å²) in [4.78, 5) is 28.3. The average molecular weight is 693 g/mol. The number of fused-ring (bicyclic) bond motifs is 1. The first-order chi connectivity index (χ1) is 22.0. The number of ether oxygens (including phenoxy) is 1. The lowest BCUT2D eigenvalue weighted by Crippen LogP contribution is -2.21. The number of aryl methyl sites for hydroxylation is 1. The average Bonchev–Trinajstić information content (AvgIpc) is 3.27. The van der Waals surface area contributed by atoms with Crippen LogP contribution >= 0.6 is 11.6 Å². The molecule has 0 aliphatic rings. The lowest BCUT2D eigenvalue weighted by molar-refractivity contribution is -0.114. The van der Waals surface area contributed by atoms with E-state index in [1.807, 2.05) is 19.0 Å². The van der Waals surface area contributed by atoms with Gasteiger partial charge < -0.3 is 34.3 Å². The number of nitrogens with zero attached hydrogens (tertiary/aromatic N) is 5. The van der Waals surface area contributed by atoms with E-state index in [0.29, 0.717) is 23.0 Å². The number of amides is 1. The molecule has 17 heteroatoms. The van der Waals surface area contributed by atoms with Crippen molar-refractivity contribution in [2.75, 3.05) is 49.4 Å². The van der Waals surface area contributed by atoms with Crippen LogP contribution in [0.4, 0.5) is 31.9 Å². The van der Waals surface area contributed by atoms with Gasteiger partial charge in [0.2, 0.25) is 11.8 Å². The molecule has 3 heterocycles. The van der Waals surface area contributed by atoms with Crippen molar-refractivity contribution in [3.05, 3.63) is 59.6 Å². The van der Waals surface area contributed by atoms with Crippen molar-refractivity contribution in [1.29, 1.82) is 0 Å². The number of hydrogen-bond acceptors (Lipinski definition) is 11. The van der Waals surface area contributed by atoms with Gasteiger partial charge in [0.1, 0.15) is 5.69 Å². The van der Waals surface area contributed by atoms with Gasteiger partial charge in [-0.3, -0.25) is 4.79 Å². The number of nitrogens with one attached hydrogen (secondary N) is 3. The van der Waals surface area contributed by atoms with Crippen molar-refractivity contribution in [1.82, 2.24) is 24.4 Å². The topological polar surface area (TPSA) is 153 Å². The molecule has 0 unspecified atom stereocenters. The van der Waals surface area contributed by atoms with Crippen molar-refractivity contribution < 1.29 is 30.9 Å². The maximum atomic E-state index is 14.2. The summed E-state index contributed by atoms with van der Waals surface area (Å²) in [6, 6.07) is 3.66. The Balaban J connectivity index is 1.76. The predicted octanol–water partition coefficient (Wildman–Crippen LogP) is 5.28. The number of carbonyl (C=O) groups is 1. The third-order valence-corrected chi connectivity index (χ3v) is 7.22. The number of benzene rings is 1. The highest BCUT2D eigenvalue weighted by molar-refractivity contribution is 7.86. The van der Waals surface area contributed by atoms with Gasteiger partial charge >= 0.3 is 10.1 Å². The normalized spacial score (nSPS) is 11.6. The molecule has 3 N–H and O–H groups in total. The van der Waals surface area contributed by atoms with Crippen LogP contribution < -0.4 is 20.7 Å². The number of anilines is 4. The van der Waals surface area contributed by atoms with Gasteiger partial charge in [0.05, 0.1) is 40.5 Å². The van der Waals surface area contributed by atoms with Gasteiger partial charge in [0.15, 0.2) is 23.2 Å². The van der Waals surface area contributed by atoms with Crippen LogP contribution in [0, 0.1) is 11.6 Å². The first-order valence-electron chi connectivity index (χ1n) is 14.3. The summed E-state index contributed by atoms with van der Waals surface area (Å²) in [6.07, 6.45) is 4.20. The third-order valence-electron chi connectivity index (χ3n) is 6.44. The Labute approximate surface area is 276 Å². The van der Waals surface area contributed by atoms with Gasteiger partial charge in [0.25, 0.3) is 5.91 Å². The number of pyridine rings is 1. The predicted molar refractivity (Wildman–Crippen MR) is 178 cm³/mol. The monoisotopic (exact) mass is 692 g/mol. The Hall–Kier alpha value is -4.54. The molecule has 4 rings (SSSR count). The summed E-state index contributed by atoms with van der Waals surface area (Å²) in [7, 11) is 1.55. The molecule has 0 saturated heterocycles. The Bertz CT molecular complexity index is 1940. The SMILES string of the molecule is C=C(OS(C)(=O)=O)C(=O)Nc1cc(Nc2ncc(Cl)c(-c3cn(C)c4cc(F)c(F)cc34)n2)c(OC(C)C)nc1NCCCN(C)C. The van der Waals surface area contributed by atoms with Gasteiger partial charge in [-0.15, -0.1) is 0 Å². The molecule has 252 valence electrons. The molecule has 4 aromatic rings. The molecule has 1 amide bonds. The van der Waals surface area contributed by atoms with E-state index in [1.165, 1.54) is 12.3 Å². The van der Waals surface area contributed by atoms with Crippen molar-refractivity contribution >= 4 is 61.7 Å². The summed E-state index contributed by atoms with van der Waals surface area (Å²) >= 11 is 6.48. The van der Waals surface area contributed by atoms with E-state index in [2.05, 4.69) is 41.7 Å². The second-order valence-electron chi connectivity index (χ2n) is 11.1. The molecule has 0 radical (unpaired) electrons. The van der Waals surface area contributed by atoms with Gasteiger partial charge in [-0.1, -0.05) is 11.6 Å². The molecule has 0 bridgehead atoms. The number of hydrogen-bond donors (Lipinski definition) is 3.